The van der Waals surface area contributed by atoms with Crippen molar-refractivity contribution in [3.63, 3.8) is 0 Å². The first-order valence-corrected chi connectivity index (χ1v) is 13.8. The zero-order chi connectivity index (χ0) is 27.2. The average molecular weight is 524 g/mol. The lowest BCUT2D eigenvalue weighted by atomic mass is 9.90. The minimum Gasteiger partial charge on any atom is -0.292 e. The monoisotopic (exact) mass is 523 g/mol. The second-order valence-electron chi connectivity index (χ2n) is 10.3. The molecule has 2 aromatic heterocycles. The molecule has 7 aromatic rings. The Labute approximate surface area is 239 Å². The van der Waals surface area contributed by atoms with Crippen molar-refractivity contribution < 1.29 is 0 Å². The van der Waals surface area contributed by atoms with E-state index >= 15 is 0 Å². The zero-order valence-corrected chi connectivity index (χ0v) is 22.3. The lowest BCUT2D eigenvalue weighted by Gasteiger charge is -2.32. The van der Waals surface area contributed by atoms with Crippen LogP contribution in [0, 0.1) is 0 Å². The van der Waals surface area contributed by atoms with Crippen LogP contribution in [0.15, 0.2) is 152 Å². The van der Waals surface area contributed by atoms with Gasteiger partial charge in [0.2, 0.25) is 0 Å². The van der Waals surface area contributed by atoms with Crippen LogP contribution in [0.3, 0.4) is 0 Å². The fraction of sp³-hybridized carbons (Fsp3) is 0. The third kappa shape index (κ3) is 3.98. The van der Waals surface area contributed by atoms with Crippen LogP contribution < -0.4 is 4.90 Å². The van der Waals surface area contributed by atoms with Gasteiger partial charge in [-0.15, -0.1) is 0 Å². The van der Waals surface area contributed by atoms with Gasteiger partial charge in [-0.25, -0.2) is 4.98 Å². The predicted octanol–water partition coefficient (Wildman–Crippen LogP) is 10.1. The van der Waals surface area contributed by atoms with Gasteiger partial charge >= 0.3 is 0 Å². The van der Waals surface area contributed by atoms with Crippen molar-refractivity contribution in [3.8, 4) is 44.8 Å². The summed E-state index contributed by atoms with van der Waals surface area (Å²) in [5.74, 6) is 0.866. The minimum atomic E-state index is 0.866. The molecule has 1 aliphatic rings. The molecule has 41 heavy (non-hydrogen) atoms. The topological polar surface area (TPSA) is 29.0 Å². The first-order valence-electron chi connectivity index (χ1n) is 13.8. The zero-order valence-electron chi connectivity index (χ0n) is 22.3. The van der Waals surface area contributed by atoms with Crippen LogP contribution in [0.5, 0.6) is 0 Å². The van der Waals surface area contributed by atoms with Crippen molar-refractivity contribution in [2.45, 2.75) is 0 Å². The fourth-order valence-corrected chi connectivity index (χ4v) is 5.92. The number of fused-ring (bicyclic) bond motifs is 2. The molecule has 0 bridgehead atoms. The maximum absolute atomic E-state index is 5.27. The van der Waals surface area contributed by atoms with Gasteiger partial charge in [-0.05, 0) is 70.1 Å². The number of nitrogens with zero attached hydrogens (tertiary/aromatic N) is 3. The van der Waals surface area contributed by atoms with Gasteiger partial charge in [0.05, 0.1) is 22.8 Å². The van der Waals surface area contributed by atoms with E-state index in [9.17, 15) is 0 Å². The van der Waals surface area contributed by atoms with Crippen LogP contribution >= 0.6 is 0 Å². The molecule has 1 aliphatic heterocycles. The molecular weight excluding hydrogens is 498 g/mol. The van der Waals surface area contributed by atoms with Crippen LogP contribution in [-0.2, 0) is 0 Å². The van der Waals surface area contributed by atoms with Gasteiger partial charge in [-0.3, -0.25) is 9.88 Å². The molecule has 0 saturated carbocycles. The highest BCUT2D eigenvalue weighted by molar-refractivity contribution is 6.14. The second kappa shape index (κ2) is 9.58. The lowest BCUT2D eigenvalue weighted by Crippen LogP contribution is -2.17. The van der Waals surface area contributed by atoms with Crippen LogP contribution in [0.2, 0.25) is 0 Å². The van der Waals surface area contributed by atoms with E-state index in [1.807, 2.05) is 18.3 Å². The van der Waals surface area contributed by atoms with Crippen molar-refractivity contribution >= 4 is 28.0 Å². The first kappa shape index (κ1) is 23.4. The van der Waals surface area contributed by atoms with E-state index < -0.39 is 0 Å². The number of rotatable bonds is 4. The van der Waals surface area contributed by atoms with Crippen LogP contribution in [0.1, 0.15) is 0 Å². The molecule has 0 spiro atoms. The maximum atomic E-state index is 5.27. The van der Waals surface area contributed by atoms with E-state index in [0.29, 0.717) is 0 Å². The summed E-state index contributed by atoms with van der Waals surface area (Å²) in [4.78, 5) is 12.5. The molecule has 0 amide bonds. The molecule has 0 unspecified atom stereocenters. The molecular formula is C38H25N3. The Morgan fingerprint density at radius 1 is 0.463 bits per heavy atom. The molecule has 3 heteroatoms. The number of anilines is 3. The van der Waals surface area contributed by atoms with Crippen molar-refractivity contribution in [2.75, 3.05) is 4.90 Å². The number of hydrogen-bond donors (Lipinski definition) is 0. The highest BCUT2D eigenvalue weighted by Gasteiger charge is 2.28. The van der Waals surface area contributed by atoms with E-state index in [2.05, 4.69) is 138 Å². The lowest BCUT2D eigenvalue weighted by molar-refractivity contribution is 1.16. The largest absolute Gasteiger partial charge is 0.292 e. The van der Waals surface area contributed by atoms with Gasteiger partial charge in [0, 0.05) is 22.7 Å². The molecule has 0 N–H and O–H groups in total. The van der Waals surface area contributed by atoms with Gasteiger partial charge in [0.15, 0.2) is 0 Å². The average Bonchev–Trinajstić information content (AvgIpc) is 3.06. The summed E-state index contributed by atoms with van der Waals surface area (Å²) in [6.07, 6.45) is 1.88. The van der Waals surface area contributed by atoms with E-state index in [0.717, 1.165) is 50.8 Å². The molecule has 0 radical (unpaired) electrons. The molecule has 192 valence electrons. The van der Waals surface area contributed by atoms with Gasteiger partial charge in [0.25, 0.3) is 0 Å². The van der Waals surface area contributed by atoms with Gasteiger partial charge in [-0.1, -0.05) is 103 Å². The Kier molecular flexibility index (Phi) is 5.46. The van der Waals surface area contributed by atoms with Gasteiger partial charge in [0.1, 0.15) is 5.82 Å². The molecule has 5 aromatic carbocycles. The van der Waals surface area contributed by atoms with Crippen molar-refractivity contribution in [1.29, 1.82) is 0 Å². The third-order valence-corrected chi connectivity index (χ3v) is 7.80. The normalized spacial score (nSPS) is 11.9. The molecule has 0 saturated heterocycles. The van der Waals surface area contributed by atoms with E-state index in [1.165, 1.54) is 21.9 Å². The fourth-order valence-electron chi connectivity index (χ4n) is 5.92. The third-order valence-electron chi connectivity index (χ3n) is 7.80. The summed E-state index contributed by atoms with van der Waals surface area (Å²) < 4.78 is 0. The summed E-state index contributed by atoms with van der Waals surface area (Å²) >= 11 is 0. The van der Waals surface area contributed by atoms with Gasteiger partial charge < -0.3 is 0 Å². The quantitative estimate of drug-likeness (QED) is 0.230. The number of hydrogen-bond acceptors (Lipinski definition) is 3. The summed E-state index contributed by atoms with van der Waals surface area (Å²) in [5, 5.41) is 2.37. The van der Waals surface area contributed by atoms with E-state index in [4.69, 9.17) is 9.97 Å². The Morgan fingerprint density at radius 3 is 1.80 bits per heavy atom. The molecule has 0 fully saturated rings. The van der Waals surface area contributed by atoms with E-state index in [1.54, 1.807) is 0 Å². The first-order chi connectivity index (χ1) is 20.3. The summed E-state index contributed by atoms with van der Waals surface area (Å²) in [5.41, 5.74) is 10.9. The highest BCUT2D eigenvalue weighted by atomic mass is 15.2. The highest BCUT2D eigenvalue weighted by Crippen LogP contribution is 2.51. The molecule has 0 atom stereocenters. The smallest absolute Gasteiger partial charge is 0.138 e. The molecule has 8 rings (SSSR count). The summed E-state index contributed by atoms with van der Waals surface area (Å²) in [6.45, 7) is 0. The van der Waals surface area contributed by atoms with Crippen LogP contribution in [0.25, 0.3) is 55.5 Å². The summed E-state index contributed by atoms with van der Waals surface area (Å²) in [6, 6.07) is 51.1. The molecule has 0 aliphatic carbocycles. The SMILES string of the molecule is c1ccc(-c2cc(-c3ccccc3)nc(N3c4cccnc4-c4cc(-c5ccccc5)cc5cccc3c45)c2)cc1. The minimum absolute atomic E-state index is 0.866. The van der Waals surface area contributed by atoms with Crippen molar-refractivity contribution in [3.05, 3.63) is 152 Å². The van der Waals surface area contributed by atoms with Crippen molar-refractivity contribution in [1.82, 2.24) is 9.97 Å². The molecule has 3 nitrogen and oxygen atoms in total. The van der Waals surface area contributed by atoms with Crippen LogP contribution in [-0.4, -0.2) is 9.97 Å². The Bertz CT molecular complexity index is 1980. The number of pyridine rings is 2. The van der Waals surface area contributed by atoms with Gasteiger partial charge in [-0.2, -0.15) is 0 Å². The standard InChI is InChI=1S/C38H25N3/c1-4-12-26(13-5-1)30-22-29-18-10-19-34-37(29)32(23-30)38-35(20-11-21-39-38)41(34)36-25-31(27-14-6-2-7-15-27)24-33(40-36)28-16-8-3-9-17-28/h1-25H. The Balaban J connectivity index is 1.41. The van der Waals surface area contributed by atoms with Crippen LogP contribution in [0.4, 0.5) is 17.2 Å². The second-order valence-corrected chi connectivity index (χ2v) is 10.3. The predicted molar refractivity (Wildman–Crippen MR) is 170 cm³/mol. The van der Waals surface area contributed by atoms with E-state index in [-0.39, 0.29) is 0 Å². The Hall–Kier alpha value is -5.54. The molecule has 3 heterocycles. The number of benzene rings is 5. The summed E-state index contributed by atoms with van der Waals surface area (Å²) in [7, 11) is 0. The van der Waals surface area contributed by atoms with Crippen molar-refractivity contribution in [2.24, 2.45) is 0 Å². The maximum Gasteiger partial charge on any atom is 0.138 e. The Morgan fingerprint density at radius 2 is 1.10 bits per heavy atom. The number of aromatic nitrogens is 2.